The Bertz CT molecular complexity index is 720. The maximum Gasteiger partial charge on any atom is 0.291 e. The summed E-state index contributed by atoms with van der Waals surface area (Å²) in [6.45, 7) is 1.28. The number of halogens is 1. The average molecular weight is 393 g/mol. The quantitative estimate of drug-likeness (QED) is 0.818. The van der Waals surface area contributed by atoms with Gasteiger partial charge in [0.2, 0.25) is 0 Å². The largest absolute Gasteiger partial charge is 0.444 e. The lowest BCUT2D eigenvalue weighted by Gasteiger charge is -2.11. The number of anilines is 1. The summed E-state index contributed by atoms with van der Waals surface area (Å²) in [6.07, 6.45) is 2.13. The van der Waals surface area contributed by atoms with Crippen LogP contribution in [0.3, 0.4) is 0 Å². The van der Waals surface area contributed by atoms with Crippen molar-refractivity contribution < 1.29 is 18.7 Å². The molecule has 0 aliphatic carbocycles. The van der Waals surface area contributed by atoms with Gasteiger partial charge in [-0.1, -0.05) is 0 Å². The Hall–Kier alpha value is -2.12. The van der Waals surface area contributed by atoms with Crippen molar-refractivity contribution in [2.24, 2.45) is 0 Å². The molecule has 6 nitrogen and oxygen atoms in total. The first kappa shape index (κ1) is 16.7. The molecule has 2 amide bonds. The van der Waals surface area contributed by atoms with E-state index in [0.29, 0.717) is 22.5 Å². The molecule has 24 heavy (non-hydrogen) atoms. The first-order chi connectivity index (χ1) is 11.6. The molecule has 126 valence electrons. The van der Waals surface area contributed by atoms with Crippen LogP contribution < -0.4 is 10.6 Å². The summed E-state index contributed by atoms with van der Waals surface area (Å²) in [5.41, 5.74) is 1.12. The molecule has 2 aromatic rings. The van der Waals surface area contributed by atoms with Crippen molar-refractivity contribution in [2.45, 2.75) is 18.9 Å². The highest BCUT2D eigenvalue weighted by Gasteiger charge is 2.17. The van der Waals surface area contributed by atoms with Crippen LogP contribution in [0.4, 0.5) is 5.69 Å². The second kappa shape index (κ2) is 7.63. The standard InChI is InChI=1S/C17H17BrN2O4/c18-15-8-7-14(24-15)17(22)20-12-5-3-11(4-6-12)16(21)19-10-13-2-1-9-23-13/h3-8,13H,1-2,9-10H2,(H,19,21)(H,20,22)/t13-/m1/s1. The van der Waals surface area contributed by atoms with Crippen LogP contribution >= 0.6 is 15.9 Å². The number of benzene rings is 1. The summed E-state index contributed by atoms with van der Waals surface area (Å²) in [7, 11) is 0. The summed E-state index contributed by atoms with van der Waals surface area (Å²) in [6, 6.07) is 9.91. The lowest BCUT2D eigenvalue weighted by molar-refractivity contribution is 0.0857. The van der Waals surface area contributed by atoms with Crippen molar-refractivity contribution >= 4 is 33.4 Å². The molecule has 3 rings (SSSR count). The van der Waals surface area contributed by atoms with Gasteiger partial charge in [-0.25, -0.2) is 0 Å². The fourth-order valence-electron chi connectivity index (χ4n) is 2.45. The zero-order valence-electron chi connectivity index (χ0n) is 12.9. The molecule has 0 bridgehead atoms. The molecule has 7 heteroatoms. The number of amides is 2. The van der Waals surface area contributed by atoms with Crippen molar-refractivity contribution in [3.05, 3.63) is 52.4 Å². The van der Waals surface area contributed by atoms with Crippen molar-refractivity contribution in [1.29, 1.82) is 0 Å². The number of hydrogen-bond donors (Lipinski definition) is 2. The second-order valence-electron chi connectivity index (χ2n) is 5.48. The average Bonchev–Trinajstić information content (AvgIpc) is 3.25. The summed E-state index contributed by atoms with van der Waals surface area (Å²) < 4.78 is 11.2. The lowest BCUT2D eigenvalue weighted by Crippen LogP contribution is -2.31. The van der Waals surface area contributed by atoms with Crippen molar-refractivity contribution in [1.82, 2.24) is 5.32 Å². The molecule has 1 aromatic heterocycles. The molecule has 2 N–H and O–H groups in total. The maximum absolute atomic E-state index is 12.1. The Morgan fingerprint density at radius 2 is 1.92 bits per heavy atom. The highest BCUT2D eigenvalue weighted by molar-refractivity contribution is 9.10. The predicted octanol–water partition coefficient (Wildman–Crippen LogP) is 3.20. The minimum atomic E-state index is -0.351. The molecule has 0 saturated carbocycles. The van der Waals surface area contributed by atoms with E-state index in [1.165, 1.54) is 0 Å². The number of carbonyl (C=O) groups excluding carboxylic acids is 2. The normalized spacial score (nSPS) is 16.8. The summed E-state index contributed by atoms with van der Waals surface area (Å²) in [5, 5.41) is 5.57. The topological polar surface area (TPSA) is 80.6 Å². The summed E-state index contributed by atoms with van der Waals surface area (Å²) in [5.74, 6) is -0.296. The van der Waals surface area contributed by atoms with Crippen LogP contribution in [-0.4, -0.2) is 31.1 Å². The fraction of sp³-hybridized carbons (Fsp3) is 0.294. The second-order valence-corrected chi connectivity index (χ2v) is 6.26. The minimum absolute atomic E-state index is 0.111. The van der Waals surface area contributed by atoms with Gasteiger partial charge in [-0.15, -0.1) is 0 Å². The highest BCUT2D eigenvalue weighted by atomic mass is 79.9. The van der Waals surface area contributed by atoms with Gasteiger partial charge in [-0.2, -0.15) is 0 Å². The van der Waals surface area contributed by atoms with E-state index in [1.54, 1.807) is 36.4 Å². The van der Waals surface area contributed by atoms with E-state index in [-0.39, 0.29) is 23.7 Å². The molecule has 0 unspecified atom stereocenters. The fourth-order valence-corrected chi connectivity index (χ4v) is 2.75. The number of nitrogens with one attached hydrogen (secondary N) is 2. The Morgan fingerprint density at radius 1 is 1.12 bits per heavy atom. The lowest BCUT2D eigenvalue weighted by atomic mass is 10.2. The number of ether oxygens (including phenoxy) is 1. The first-order valence-electron chi connectivity index (χ1n) is 7.68. The van der Waals surface area contributed by atoms with Gasteiger partial charge in [-0.05, 0) is 65.2 Å². The number of rotatable bonds is 5. The Labute approximate surface area is 147 Å². The number of carbonyl (C=O) groups is 2. The van der Waals surface area contributed by atoms with Crippen LogP contribution in [-0.2, 0) is 4.74 Å². The zero-order valence-corrected chi connectivity index (χ0v) is 14.5. The van der Waals surface area contributed by atoms with E-state index in [9.17, 15) is 9.59 Å². The van der Waals surface area contributed by atoms with Crippen LogP contribution in [0.5, 0.6) is 0 Å². The third-order valence-electron chi connectivity index (χ3n) is 3.72. The molecule has 1 atom stereocenters. The van der Waals surface area contributed by atoms with Crippen LogP contribution in [0.25, 0.3) is 0 Å². The van der Waals surface area contributed by atoms with E-state index in [0.717, 1.165) is 19.4 Å². The van der Waals surface area contributed by atoms with Gasteiger partial charge in [0.05, 0.1) is 6.10 Å². The Kier molecular flexibility index (Phi) is 5.32. The molecule has 1 fully saturated rings. The summed E-state index contributed by atoms with van der Waals surface area (Å²) in [4.78, 5) is 24.1. The van der Waals surface area contributed by atoms with E-state index < -0.39 is 0 Å². The van der Waals surface area contributed by atoms with Crippen molar-refractivity contribution in [3.63, 3.8) is 0 Å². The molecular formula is C17H17BrN2O4. The van der Waals surface area contributed by atoms with Crippen LogP contribution in [0, 0.1) is 0 Å². The van der Waals surface area contributed by atoms with Crippen LogP contribution in [0.1, 0.15) is 33.8 Å². The van der Waals surface area contributed by atoms with Gasteiger partial charge in [0.1, 0.15) is 0 Å². The van der Waals surface area contributed by atoms with E-state index in [4.69, 9.17) is 9.15 Å². The molecular weight excluding hydrogens is 376 g/mol. The molecule has 2 heterocycles. The van der Waals surface area contributed by atoms with E-state index in [2.05, 4.69) is 26.6 Å². The Balaban J connectivity index is 1.54. The SMILES string of the molecule is O=C(NC[C@H]1CCCO1)c1ccc(NC(=O)c2ccc(Br)o2)cc1. The third-order valence-corrected chi connectivity index (χ3v) is 4.14. The third kappa shape index (κ3) is 4.24. The van der Waals surface area contributed by atoms with Gasteiger partial charge in [0, 0.05) is 24.4 Å². The molecule has 1 saturated heterocycles. The Morgan fingerprint density at radius 3 is 2.54 bits per heavy atom. The first-order valence-corrected chi connectivity index (χ1v) is 8.47. The van der Waals surface area contributed by atoms with E-state index >= 15 is 0 Å². The maximum atomic E-state index is 12.1. The van der Waals surface area contributed by atoms with E-state index in [1.807, 2.05) is 0 Å². The van der Waals surface area contributed by atoms with Crippen LogP contribution in [0.15, 0.2) is 45.5 Å². The number of furan rings is 1. The van der Waals surface area contributed by atoms with Crippen molar-refractivity contribution in [2.75, 3.05) is 18.5 Å². The van der Waals surface area contributed by atoms with Gasteiger partial charge in [0.25, 0.3) is 11.8 Å². The van der Waals surface area contributed by atoms with Crippen molar-refractivity contribution in [3.8, 4) is 0 Å². The monoisotopic (exact) mass is 392 g/mol. The predicted molar refractivity (Wildman–Crippen MR) is 92.1 cm³/mol. The number of hydrogen-bond acceptors (Lipinski definition) is 4. The molecule has 0 spiro atoms. The van der Waals surface area contributed by atoms with Gasteiger partial charge >= 0.3 is 0 Å². The molecule has 1 aliphatic heterocycles. The smallest absolute Gasteiger partial charge is 0.291 e. The molecule has 1 aromatic carbocycles. The van der Waals surface area contributed by atoms with Gasteiger partial charge in [0.15, 0.2) is 10.4 Å². The van der Waals surface area contributed by atoms with Crippen LogP contribution in [0.2, 0.25) is 0 Å². The zero-order chi connectivity index (χ0) is 16.9. The minimum Gasteiger partial charge on any atom is -0.444 e. The molecule has 0 radical (unpaired) electrons. The molecule has 1 aliphatic rings. The van der Waals surface area contributed by atoms with Gasteiger partial charge < -0.3 is 19.8 Å². The van der Waals surface area contributed by atoms with Gasteiger partial charge in [-0.3, -0.25) is 9.59 Å². The highest BCUT2D eigenvalue weighted by Crippen LogP contribution is 2.17. The summed E-state index contributed by atoms with van der Waals surface area (Å²) >= 11 is 3.15.